The molecule has 10 heteroatoms. The molecule has 0 radical (unpaired) electrons. The van der Waals surface area contributed by atoms with E-state index >= 15 is 0 Å². The molecular weight excluding hydrogens is 416 g/mol. The first-order chi connectivity index (χ1) is 14.4. The summed E-state index contributed by atoms with van der Waals surface area (Å²) in [4.78, 5) is 38.8. The molecule has 1 N–H and O–H groups in total. The van der Waals surface area contributed by atoms with Gasteiger partial charge in [0.1, 0.15) is 12.3 Å². The van der Waals surface area contributed by atoms with Gasteiger partial charge >= 0.3 is 0 Å². The van der Waals surface area contributed by atoms with Gasteiger partial charge in [0.2, 0.25) is 11.7 Å². The number of halogens is 1. The van der Waals surface area contributed by atoms with E-state index in [4.69, 9.17) is 30.5 Å². The molecule has 2 aromatic carbocycles. The van der Waals surface area contributed by atoms with Crippen molar-refractivity contribution in [3.8, 4) is 23.0 Å². The molecule has 158 valence electrons. The van der Waals surface area contributed by atoms with Gasteiger partial charge in [-0.25, -0.2) is 0 Å². The number of anilines is 2. The summed E-state index contributed by atoms with van der Waals surface area (Å²) < 4.78 is 20.9. The Balaban J connectivity index is 1.91. The highest BCUT2D eigenvalue weighted by Crippen LogP contribution is 2.48. The van der Waals surface area contributed by atoms with Gasteiger partial charge in [0, 0.05) is 11.8 Å². The van der Waals surface area contributed by atoms with Crippen LogP contribution < -0.4 is 29.2 Å². The maximum atomic E-state index is 12.6. The molecule has 0 bridgehead atoms. The van der Waals surface area contributed by atoms with Gasteiger partial charge in [0.15, 0.2) is 11.5 Å². The lowest BCUT2D eigenvalue weighted by molar-refractivity contribution is -0.118. The average Bonchev–Trinajstić information content (AvgIpc) is 2.96. The molecule has 3 rings (SSSR count). The first kappa shape index (κ1) is 21.3. The number of nitrogens with one attached hydrogen (secondary N) is 1. The highest BCUT2D eigenvalue weighted by Gasteiger charge is 2.42. The van der Waals surface area contributed by atoms with Gasteiger partial charge < -0.3 is 24.3 Å². The molecule has 0 spiro atoms. The number of benzene rings is 2. The third-order valence-corrected chi connectivity index (χ3v) is 4.80. The number of ketones is 1. The number of hydrogen-bond donors (Lipinski definition) is 1. The minimum absolute atomic E-state index is 0.0143. The van der Waals surface area contributed by atoms with Crippen molar-refractivity contribution in [2.45, 2.75) is 0 Å². The van der Waals surface area contributed by atoms with E-state index in [1.54, 1.807) is 12.1 Å². The zero-order chi connectivity index (χ0) is 22.0. The number of ether oxygens (including phenoxy) is 4. The van der Waals surface area contributed by atoms with Crippen LogP contribution >= 0.6 is 11.6 Å². The normalized spacial score (nSPS) is 12.5. The van der Waals surface area contributed by atoms with Gasteiger partial charge in [-0.05, 0) is 18.2 Å². The van der Waals surface area contributed by atoms with Crippen LogP contribution in [0.5, 0.6) is 23.0 Å². The van der Waals surface area contributed by atoms with Crippen molar-refractivity contribution in [2.75, 3.05) is 45.2 Å². The Morgan fingerprint density at radius 3 is 2.20 bits per heavy atom. The van der Waals surface area contributed by atoms with E-state index in [9.17, 15) is 14.4 Å². The summed E-state index contributed by atoms with van der Waals surface area (Å²) >= 11 is 6.06. The predicted molar refractivity (Wildman–Crippen MR) is 109 cm³/mol. The van der Waals surface area contributed by atoms with Crippen molar-refractivity contribution in [3.63, 3.8) is 0 Å². The monoisotopic (exact) mass is 434 g/mol. The molecule has 0 saturated heterocycles. The fourth-order valence-corrected chi connectivity index (χ4v) is 3.42. The van der Waals surface area contributed by atoms with Gasteiger partial charge in [-0.1, -0.05) is 11.6 Å². The summed E-state index contributed by atoms with van der Waals surface area (Å²) in [6, 6.07) is 6.17. The number of nitrogens with zero attached hydrogens (tertiary/aromatic N) is 1. The van der Waals surface area contributed by atoms with Crippen LogP contribution in [-0.4, -0.2) is 52.6 Å². The summed E-state index contributed by atoms with van der Waals surface area (Å²) in [6.45, 7) is -0.403. The highest BCUT2D eigenvalue weighted by atomic mass is 35.5. The SMILES string of the molecule is COc1ccc(NC(=O)CN2C(=O)C(=O)c3c2cc(OC)c(OC)c3OC)cc1Cl. The van der Waals surface area contributed by atoms with Crippen LogP contribution in [0.3, 0.4) is 0 Å². The molecule has 2 amide bonds. The van der Waals surface area contributed by atoms with E-state index in [-0.39, 0.29) is 28.5 Å². The molecule has 30 heavy (non-hydrogen) atoms. The van der Waals surface area contributed by atoms with Gasteiger partial charge in [-0.3, -0.25) is 19.3 Å². The van der Waals surface area contributed by atoms with E-state index < -0.39 is 24.1 Å². The van der Waals surface area contributed by atoms with Crippen LogP contribution in [0.25, 0.3) is 0 Å². The maximum absolute atomic E-state index is 12.6. The molecule has 0 atom stereocenters. The highest BCUT2D eigenvalue weighted by molar-refractivity contribution is 6.53. The maximum Gasteiger partial charge on any atom is 0.300 e. The second kappa shape index (κ2) is 8.50. The largest absolute Gasteiger partial charge is 0.495 e. The molecule has 2 aromatic rings. The molecule has 9 nitrogen and oxygen atoms in total. The third kappa shape index (κ3) is 3.59. The Kier molecular flexibility index (Phi) is 6.02. The summed E-state index contributed by atoms with van der Waals surface area (Å²) in [7, 11) is 5.62. The number of amides is 2. The molecule has 0 aromatic heterocycles. The second-order valence-corrected chi connectivity index (χ2v) is 6.56. The number of fused-ring (bicyclic) bond motifs is 1. The topological polar surface area (TPSA) is 103 Å². The number of carbonyl (C=O) groups is 3. The van der Waals surface area contributed by atoms with Crippen LogP contribution in [0, 0.1) is 0 Å². The van der Waals surface area contributed by atoms with E-state index in [1.807, 2.05) is 0 Å². The van der Waals surface area contributed by atoms with Crippen LogP contribution in [0.2, 0.25) is 5.02 Å². The number of rotatable bonds is 7. The van der Waals surface area contributed by atoms with Crippen LogP contribution in [-0.2, 0) is 9.59 Å². The molecule has 0 aliphatic carbocycles. The van der Waals surface area contributed by atoms with Gasteiger partial charge in [-0.2, -0.15) is 0 Å². The van der Waals surface area contributed by atoms with Crippen molar-refractivity contribution < 1.29 is 33.3 Å². The van der Waals surface area contributed by atoms with E-state index in [2.05, 4.69) is 5.32 Å². The van der Waals surface area contributed by atoms with E-state index in [0.717, 1.165) is 4.90 Å². The van der Waals surface area contributed by atoms with Gasteiger partial charge in [-0.15, -0.1) is 0 Å². The molecule has 0 unspecified atom stereocenters. The second-order valence-electron chi connectivity index (χ2n) is 6.16. The zero-order valence-corrected chi connectivity index (χ0v) is 17.5. The Morgan fingerprint density at radius 2 is 1.63 bits per heavy atom. The molecule has 0 saturated carbocycles. The van der Waals surface area contributed by atoms with Crippen LogP contribution in [0.1, 0.15) is 10.4 Å². The van der Waals surface area contributed by atoms with Gasteiger partial charge in [0.05, 0.1) is 44.7 Å². The average molecular weight is 435 g/mol. The van der Waals surface area contributed by atoms with Crippen molar-refractivity contribution in [3.05, 3.63) is 34.9 Å². The minimum atomic E-state index is -0.860. The lowest BCUT2D eigenvalue weighted by Gasteiger charge is -2.19. The van der Waals surface area contributed by atoms with Crippen molar-refractivity contribution in [2.24, 2.45) is 0 Å². The molecule has 0 fully saturated rings. The Labute approximate surface area is 177 Å². The number of methoxy groups -OCH3 is 4. The van der Waals surface area contributed by atoms with Crippen LogP contribution in [0.4, 0.5) is 11.4 Å². The minimum Gasteiger partial charge on any atom is -0.495 e. The fourth-order valence-electron chi connectivity index (χ4n) is 3.16. The zero-order valence-electron chi connectivity index (χ0n) is 16.7. The Hall–Kier alpha value is -3.46. The number of Topliss-reactive ketones (excluding diaryl/α,β-unsaturated/α-hetero) is 1. The van der Waals surface area contributed by atoms with Crippen molar-refractivity contribution in [1.82, 2.24) is 0 Å². The van der Waals surface area contributed by atoms with E-state index in [0.29, 0.717) is 16.5 Å². The summed E-state index contributed by atoms with van der Waals surface area (Å²) in [5.41, 5.74) is 0.622. The summed E-state index contributed by atoms with van der Waals surface area (Å²) in [6.07, 6.45) is 0. The molecule has 1 aliphatic rings. The standard InChI is InChI=1S/C20H19ClN2O7/c1-27-13-6-5-10(7-11(13)21)22-15(24)9-23-12-8-14(28-2)18(29-3)19(30-4)16(12)17(25)20(23)26/h5-8H,9H2,1-4H3,(H,22,24). The quantitative estimate of drug-likeness (QED) is 0.668. The number of hydrogen-bond acceptors (Lipinski definition) is 7. The first-order valence-electron chi connectivity index (χ1n) is 8.68. The lowest BCUT2D eigenvalue weighted by Crippen LogP contribution is -2.37. The van der Waals surface area contributed by atoms with Crippen LogP contribution in [0.15, 0.2) is 24.3 Å². The van der Waals surface area contributed by atoms with E-state index in [1.165, 1.54) is 40.6 Å². The van der Waals surface area contributed by atoms with Crippen molar-refractivity contribution >= 4 is 40.6 Å². The molecular formula is C20H19ClN2O7. The Bertz CT molecular complexity index is 1040. The predicted octanol–water partition coefficient (Wildman–Crippen LogP) is 2.54. The first-order valence-corrected chi connectivity index (χ1v) is 9.06. The van der Waals surface area contributed by atoms with Crippen molar-refractivity contribution in [1.29, 1.82) is 0 Å². The van der Waals surface area contributed by atoms with Gasteiger partial charge in [0.25, 0.3) is 11.7 Å². The summed E-state index contributed by atoms with van der Waals surface area (Å²) in [5, 5.41) is 2.95. The fraction of sp³-hybridized carbons (Fsp3) is 0.250. The molecule has 1 heterocycles. The Morgan fingerprint density at radius 1 is 0.967 bits per heavy atom. The number of carbonyl (C=O) groups excluding carboxylic acids is 3. The molecule has 1 aliphatic heterocycles. The third-order valence-electron chi connectivity index (χ3n) is 4.50. The smallest absolute Gasteiger partial charge is 0.300 e. The summed E-state index contributed by atoms with van der Waals surface area (Å²) in [5.74, 6) is -1.24. The lowest BCUT2D eigenvalue weighted by atomic mass is 10.1.